The van der Waals surface area contributed by atoms with Gasteiger partial charge in [0.25, 0.3) is 0 Å². The SMILES string of the molecule is CCOc1cc(Cl)c(C(O)CC2CC2)cc1OCC. The summed E-state index contributed by atoms with van der Waals surface area (Å²) in [5.74, 6) is 1.93. The van der Waals surface area contributed by atoms with E-state index in [0.29, 0.717) is 35.7 Å². The fourth-order valence-corrected chi connectivity index (χ4v) is 2.42. The van der Waals surface area contributed by atoms with Gasteiger partial charge in [-0.05, 0) is 32.3 Å². The molecule has 1 N–H and O–H groups in total. The van der Waals surface area contributed by atoms with Crippen molar-refractivity contribution in [3.8, 4) is 11.5 Å². The number of hydrogen-bond acceptors (Lipinski definition) is 3. The fourth-order valence-electron chi connectivity index (χ4n) is 2.14. The molecular weight excluding hydrogens is 264 g/mol. The highest BCUT2D eigenvalue weighted by molar-refractivity contribution is 6.31. The fraction of sp³-hybridized carbons (Fsp3) is 0.600. The van der Waals surface area contributed by atoms with Crippen molar-refractivity contribution in [2.45, 2.75) is 39.2 Å². The summed E-state index contributed by atoms with van der Waals surface area (Å²) < 4.78 is 11.1. The van der Waals surface area contributed by atoms with E-state index in [-0.39, 0.29) is 0 Å². The first-order chi connectivity index (χ1) is 9.15. The maximum Gasteiger partial charge on any atom is 0.162 e. The van der Waals surface area contributed by atoms with Gasteiger partial charge in [-0.2, -0.15) is 0 Å². The van der Waals surface area contributed by atoms with E-state index in [1.165, 1.54) is 12.8 Å². The van der Waals surface area contributed by atoms with E-state index < -0.39 is 6.10 Å². The van der Waals surface area contributed by atoms with Crippen LogP contribution in [0.3, 0.4) is 0 Å². The first-order valence-electron chi connectivity index (χ1n) is 6.92. The van der Waals surface area contributed by atoms with Crippen molar-refractivity contribution < 1.29 is 14.6 Å². The van der Waals surface area contributed by atoms with Crippen LogP contribution in [0.1, 0.15) is 44.8 Å². The number of benzene rings is 1. The van der Waals surface area contributed by atoms with Gasteiger partial charge in [0, 0.05) is 11.6 Å². The second-order valence-electron chi connectivity index (χ2n) is 4.88. The van der Waals surface area contributed by atoms with Crippen LogP contribution in [0.4, 0.5) is 0 Å². The van der Waals surface area contributed by atoms with Gasteiger partial charge in [-0.3, -0.25) is 0 Å². The summed E-state index contributed by atoms with van der Waals surface area (Å²) in [7, 11) is 0. The highest BCUT2D eigenvalue weighted by atomic mass is 35.5. The minimum Gasteiger partial charge on any atom is -0.490 e. The average molecular weight is 285 g/mol. The Labute approximate surface area is 119 Å². The minimum absolute atomic E-state index is 0.519. The summed E-state index contributed by atoms with van der Waals surface area (Å²) in [5, 5.41) is 10.8. The van der Waals surface area contributed by atoms with Crippen molar-refractivity contribution in [1.29, 1.82) is 0 Å². The summed E-state index contributed by atoms with van der Waals surface area (Å²) in [6.07, 6.45) is 2.68. The van der Waals surface area contributed by atoms with E-state index in [1.54, 1.807) is 6.07 Å². The molecule has 2 rings (SSSR count). The van der Waals surface area contributed by atoms with Crippen molar-refractivity contribution in [3.05, 3.63) is 22.7 Å². The third-order valence-corrected chi connectivity index (χ3v) is 3.60. The largest absolute Gasteiger partial charge is 0.490 e. The Balaban J connectivity index is 2.23. The highest BCUT2D eigenvalue weighted by Gasteiger charge is 2.27. The monoisotopic (exact) mass is 284 g/mol. The zero-order valence-corrected chi connectivity index (χ0v) is 12.2. The van der Waals surface area contributed by atoms with Gasteiger partial charge in [0.05, 0.1) is 24.3 Å². The highest BCUT2D eigenvalue weighted by Crippen LogP contribution is 2.42. The van der Waals surface area contributed by atoms with Crippen molar-refractivity contribution in [3.63, 3.8) is 0 Å². The molecule has 106 valence electrons. The van der Waals surface area contributed by atoms with Crippen LogP contribution in [0.5, 0.6) is 11.5 Å². The summed E-state index contributed by atoms with van der Waals surface area (Å²) in [4.78, 5) is 0. The smallest absolute Gasteiger partial charge is 0.162 e. The molecule has 3 nitrogen and oxygen atoms in total. The van der Waals surface area contributed by atoms with E-state index in [9.17, 15) is 5.11 Å². The third kappa shape index (κ3) is 3.77. The lowest BCUT2D eigenvalue weighted by molar-refractivity contribution is 0.159. The lowest BCUT2D eigenvalue weighted by Crippen LogP contribution is -2.03. The summed E-state index contributed by atoms with van der Waals surface area (Å²) in [6.45, 7) is 4.95. The van der Waals surface area contributed by atoms with Gasteiger partial charge in [-0.15, -0.1) is 0 Å². The van der Waals surface area contributed by atoms with Crippen LogP contribution in [0.2, 0.25) is 5.02 Å². The number of hydrogen-bond donors (Lipinski definition) is 1. The number of rotatable bonds is 7. The first-order valence-corrected chi connectivity index (χ1v) is 7.30. The molecule has 0 radical (unpaired) electrons. The molecule has 1 aromatic rings. The van der Waals surface area contributed by atoms with E-state index in [2.05, 4.69) is 0 Å². The van der Waals surface area contributed by atoms with Crippen LogP contribution in [-0.2, 0) is 0 Å². The Hall–Kier alpha value is -0.930. The quantitative estimate of drug-likeness (QED) is 0.823. The van der Waals surface area contributed by atoms with Gasteiger partial charge < -0.3 is 14.6 Å². The van der Waals surface area contributed by atoms with E-state index in [0.717, 1.165) is 12.0 Å². The molecule has 1 unspecified atom stereocenters. The van der Waals surface area contributed by atoms with E-state index in [4.69, 9.17) is 21.1 Å². The zero-order chi connectivity index (χ0) is 13.8. The van der Waals surface area contributed by atoms with Crippen molar-refractivity contribution in [1.82, 2.24) is 0 Å². The maximum atomic E-state index is 10.2. The van der Waals surface area contributed by atoms with Crippen LogP contribution in [0.15, 0.2) is 12.1 Å². The lowest BCUT2D eigenvalue weighted by atomic mass is 10.0. The van der Waals surface area contributed by atoms with Gasteiger partial charge in [-0.1, -0.05) is 24.4 Å². The van der Waals surface area contributed by atoms with Crippen molar-refractivity contribution >= 4 is 11.6 Å². The molecule has 19 heavy (non-hydrogen) atoms. The number of ether oxygens (including phenoxy) is 2. The van der Waals surface area contributed by atoms with E-state index in [1.807, 2.05) is 19.9 Å². The summed E-state index contributed by atoms with van der Waals surface area (Å²) >= 11 is 6.24. The Kier molecular flexibility index (Phi) is 4.94. The number of aliphatic hydroxyl groups excluding tert-OH is 1. The Morgan fingerprint density at radius 1 is 1.21 bits per heavy atom. The molecule has 4 heteroatoms. The Morgan fingerprint density at radius 2 is 1.79 bits per heavy atom. The molecule has 1 aliphatic carbocycles. The first kappa shape index (κ1) is 14.5. The number of halogens is 1. The van der Waals surface area contributed by atoms with Gasteiger partial charge in [-0.25, -0.2) is 0 Å². The van der Waals surface area contributed by atoms with Gasteiger partial charge >= 0.3 is 0 Å². The second-order valence-corrected chi connectivity index (χ2v) is 5.29. The van der Waals surface area contributed by atoms with Crippen LogP contribution < -0.4 is 9.47 Å². The Morgan fingerprint density at radius 3 is 2.32 bits per heavy atom. The van der Waals surface area contributed by atoms with E-state index >= 15 is 0 Å². The molecule has 1 saturated carbocycles. The van der Waals surface area contributed by atoms with Gasteiger partial charge in [0.1, 0.15) is 0 Å². The molecule has 0 aliphatic heterocycles. The molecule has 0 bridgehead atoms. The molecule has 0 amide bonds. The third-order valence-electron chi connectivity index (χ3n) is 3.28. The van der Waals surface area contributed by atoms with Crippen LogP contribution in [-0.4, -0.2) is 18.3 Å². The zero-order valence-electron chi connectivity index (χ0n) is 11.5. The molecule has 1 aliphatic rings. The maximum absolute atomic E-state index is 10.2. The molecule has 0 saturated heterocycles. The average Bonchev–Trinajstić information content (AvgIpc) is 3.16. The van der Waals surface area contributed by atoms with Crippen LogP contribution >= 0.6 is 11.6 Å². The standard InChI is InChI=1S/C15H21ClO3/c1-3-18-14-8-11(13(17)7-10-5-6-10)12(16)9-15(14)19-4-2/h8-10,13,17H,3-7H2,1-2H3. The lowest BCUT2D eigenvalue weighted by Gasteiger charge is -2.17. The second kappa shape index (κ2) is 6.49. The molecule has 0 heterocycles. The molecular formula is C15H21ClO3. The topological polar surface area (TPSA) is 38.7 Å². The predicted octanol–water partition coefficient (Wildman–Crippen LogP) is 3.97. The molecule has 1 atom stereocenters. The van der Waals surface area contributed by atoms with Crippen molar-refractivity contribution in [2.24, 2.45) is 5.92 Å². The molecule has 0 spiro atoms. The van der Waals surface area contributed by atoms with Gasteiger partial charge in [0.15, 0.2) is 11.5 Å². The number of aliphatic hydroxyl groups is 1. The molecule has 0 aromatic heterocycles. The van der Waals surface area contributed by atoms with Crippen molar-refractivity contribution in [2.75, 3.05) is 13.2 Å². The molecule has 1 aromatic carbocycles. The summed E-state index contributed by atoms with van der Waals surface area (Å²) in [5.41, 5.74) is 0.737. The molecule has 1 fully saturated rings. The Bertz CT molecular complexity index is 430. The van der Waals surface area contributed by atoms with Crippen LogP contribution in [0, 0.1) is 5.92 Å². The normalized spacial score (nSPS) is 16.2. The van der Waals surface area contributed by atoms with Gasteiger partial charge in [0.2, 0.25) is 0 Å². The summed E-state index contributed by atoms with van der Waals surface area (Å²) in [6, 6.07) is 3.55. The predicted molar refractivity (Wildman–Crippen MR) is 76.1 cm³/mol. The van der Waals surface area contributed by atoms with Crippen LogP contribution in [0.25, 0.3) is 0 Å². The minimum atomic E-state index is -0.519.